The summed E-state index contributed by atoms with van der Waals surface area (Å²) in [6.07, 6.45) is 1.10. The molecule has 0 aromatic heterocycles. The number of piperidine rings is 1. The predicted octanol–water partition coefficient (Wildman–Crippen LogP) is 3.61. The van der Waals surface area contributed by atoms with Gasteiger partial charge in [0.25, 0.3) is 0 Å². The van der Waals surface area contributed by atoms with Crippen molar-refractivity contribution in [2.24, 2.45) is 10.9 Å². The van der Waals surface area contributed by atoms with E-state index in [-0.39, 0.29) is 42.0 Å². The second-order valence-electron chi connectivity index (χ2n) is 8.20. The minimum atomic E-state index is -0.229. The van der Waals surface area contributed by atoms with Gasteiger partial charge in [-0.3, -0.25) is 4.79 Å². The lowest BCUT2D eigenvalue weighted by atomic mass is 9.82. The highest BCUT2D eigenvalue weighted by Gasteiger charge is 2.28. The molecule has 1 fully saturated rings. The first kappa shape index (κ1) is 23.7. The summed E-state index contributed by atoms with van der Waals surface area (Å²) < 4.78 is 0. The molecule has 1 aliphatic heterocycles. The van der Waals surface area contributed by atoms with Crippen molar-refractivity contribution in [3.05, 3.63) is 35.9 Å². The number of rotatable bonds is 4. The van der Waals surface area contributed by atoms with E-state index in [9.17, 15) is 4.79 Å². The lowest BCUT2D eigenvalue weighted by Gasteiger charge is -2.39. The number of nitrogens with zero attached hydrogens (tertiary/aromatic N) is 2. The summed E-state index contributed by atoms with van der Waals surface area (Å²) in [7, 11) is 0. The van der Waals surface area contributed by atoms with Crippen LogP contribution in [0.5, 0.6) is 0 Å². The second-order valence-corrected chi connectivity index (χ2v) is 8.20. The van der Waals surface area contributed by atoms with Gasteiger partial charge < -0.3 is 15.5 Å². The molecule has 1 aromatic carbocycles. The molecule has 0 spiro atoms. The molecular formula is C21H35IN4O. The average Bonchev–Trinajstić information content (AvgIpc) is 2.57. The van der Waals surface area contributed by atoms with Crippen LogP contribution in [0.25, 0.3) is 0 Å². The lowest BCUT2D eigenvalue weighted by molar-refractivity contribution is -0.121. The molecule has 6 heteroatoms. The van der Waals surface area contributed by atoms with Crippen molar-refractivity contribution in [2.75, 3.05) is 26.2 Å². The van der Waals surface area contributed by atoms with Crippen LogP contribution in [-0.2, 0) is 4.79 Å². The van der Waals surface area contributed by atoms with Crippen molar-refractivity contribution in [1.29, 1.82) is 0 Å². The van der Waals surface area contributed by atoms with Gasteiger partial charge >= 0.3 is 0 Å². The van der Waals surface area contributed by atoms with Crippen molar-refractivity contribution in [2.45, 2.75) is 52.5 Å². The average molecular weight is 486 g/mol. The Morgan fingerprint density at radius 1 is 1.26 bits per heavy atom. The number of benzene rings is 1. The summed E-state index contributed by atoms with van der Waals surface area (Å²) in [6, 6.07) is 10.8. The van der Waals surface area contributed by atoms with Crippen LogP contribution in [0.15, 0.2) is 35.3 Å². The van der Waals surface area contributed by atoms with Gasteiger partial charge in [-0.1, -0.05) is 37.3 Å². The molecule has 2 rings (SSSR count). The van der Waals surface area contributed by atoms with E-state index in [1.54, 1.807) is 0 Å². The van der Waals surface area contributed by atoms with Crippen molar-refractivity contribution < 1.29 is 4.79 Å². The zero-order valence-corrected chi connectivity index (χ0v) is 19.6. The Kier molecular flexibility index (Phi) is 9.56. The molecule has 1 aliphatic rings. The molecule has 1 heterocycles. The summed E-state index contributed by atoms with van der Waals surface area (Å²) in [6.45, 7) is 13.2. The largest absolute Gasteiger partial charge is 0.357 e. The van der Waals surface area contributed by atoms with E-state index in [1.165, 1.54) is 5.56 Å². The quantitative estimate of drug-likeness (QED) is 0.389. The number of aliphatic imine (C=N–C) groups is 1. The molecule has 0 bridgehead atoms. The third-order valence-corrected chi connectivity index (χ3v) is 4.65. The molecular weight excluding hydrogens is 451 g/mol. The molecule has 2 N–H and O–H groups in total. The first-order valence-corrected chi connectivity index (χ1v) is 9.69. The van der Waals surface area contributed by atoms with Gasteiger partial charge in [0.15, 0.2) is 5.96 Å². The van der Waals surface area contributed by atoms with E-state index in [0.29, 0.717) is 11.8 Å². The minimum Gasteiger partial charge on any atom is -0.357 e. The Balaban J connectivity index is 0.00000364. The second kappa shape index (κ2) is 10.9. The summed E-state index contributed by atoms with van der Waals surface area (Å²) in [5.74, 6) is 1.92. The summed E-state index contributed by atoms with van der Waals surface area (Å²) >= 11 is 0. The Morgan fingerprint density at radius 2 is 1.93 bits per heavy atom. The Labute approximate surface area is 181 Å². The minimum absolute atomic E-state index is 0. The number of halogens is 1. The summed E-state index contributed by atoms with van der Waals surface area (Å²) in [5.41, 5.74) is 1.19. The van der Waals surface area contributed by atoms with E-state index < -0.39 is 0 Å². The molecule has 5 nitrogen and oxygen atoms in total. The Bertz CT molecular complexity index is 612. The highest BCUT2D eigenvalue weighted by molar-refractivity contribution is 14.0. The maximum absolute atomic E-state index is 12.1. The number of guanidine groups is 1. The number of likely N-dealkylation sites (tertiary alicyclic amines) is 1. The fourth-order valence-electron chi connectivity index (χ4n) is 3.56. The molecule has 1 saturated heterocycles. The standard InChI is InChI=1S/C21H34N4O.HI/c1-6-22-20(23-14-19(26)24-21(3,4)5)25-13-12-18(16(2)15-25)17-10-8-7-9-11-17;/h7-11,16,18H,6,12-15H2,1-5H3,(H,22,23)(H,24,26);1H. The van der Waals surface area contributed by atoms with Gasteiger partial charge in [0, 0.05) is 25.2 Å². The van der Waals surface area contributed by atoms with E-state index in [0.717, 1.165) is 32.0 Å². The lowest BCUT2D eigenvalue weighted by Crippen LogP contribution is -2.48. The first-order valence-electron chi connectivity index (χ1n) is 9.69. The number of carbonyl (C=O) groups excluding carboxylic acids is 1. The van der Waals surface area contributed by atoms with Crippen LogP contribution in [0.1, 0.15) is 52.5 Å². The van der Waals surface area contributed by atoms with Crippen LogP contribution in [0.2, 0.25) is 0 Å². The fourth-order valence-corrected chi connectivity index (χ4v) is 3.56. The van der Waals surface area contributed by atoms with Crippen LogP contribution in [0.4, 0.5) is 0 Å². The number of hydrogen-bond donors (Lipinski definition) is 2. The van der Waals surface area contributed by atoms with E-state index in [4.69, 9.17) is 0 Å². The van der Waals surface area contributed by atoms with Gasteiger partial charge in [-0.25, -0.2) is 4.99 Å². The van der Waals surface area contributed by atoms with E-state index in [2.05, 4.69) is 64.7 Å². The van der Waals surface area contributed by atoms with Crippen LogP contribution in [0.3, 0.4) is 0 Å². The van der Waals surface area contributed by atoms with Gasteiger partial charge in [0.1, 0.15) is 6.54 Å². The molecule has 0 saturated carbocycles. The SMILES string of the molecule is CCNC(=NCC(=O)NC(C)(C)C)N1CCC(c2ccccc2)C(C)C1.I. The van der Waals surface area contributed by atoms with Crippen molar-refractivity contribution in [3.8, 4) is 0 Å². The van der Waals surface area contributed by atoms with E-state index in [1.807, 2.05) is 20.8 Å². The van der Waals surface area contributed by atoms with Gasteiger partial charge in [-0.15, -0.1) is 24.0 Å². The molecule has 2 unspecified atom stereocenters. The predicted molar refractivity (Wildman–Crippen MR) is 124 cm³/mol. The zero-order chi connectivity index (χ0) is 19.2. The third-order valence-electron chi connectivity index (χ3n) is 4.65. The smallest absolute Gasteiger partial charge is 0.242 e. The number of carbonyl (C=O) groups is 1. The van der Waals surface area contributed by atoms with Gasteiger partial charge in [-0.05, 0) is 51.5 Å². The summed E-state index contributed by atoms with van der Waals surface area (Å²) in [4.78, 5) is 18.9. The van der Waals surface area contributed by atoms with Crippen molar-refractivity contribution >= 4 is 35.8 Å². The van der Waals surface area contributed by atoms with Crippen LogP contribution < -0.4 is 10.6 Å². The molecule has 152 valence electrons. The molecule has 1 aromatic rings. The maximum Gasteiger partial charge on any atom is 0.242 e. The van der Waals surface area contributed by atoms with Gasteiger partial charge in [0.2, 0.25) is 5.91 Å². The zero-order valence-electron chi connectivity index (χ0n) is 17.3. The molecule has 0 radical (unpaired) electrons. The molecule has 1 amide bonds. The normalized spacial score (nSPS) is 20.6. The molecule has 27 heavy (non-hydrogen) atoms. The molecule has 0 aliphatic carbocycles. The van der Waals surface area contributed by atoms with Crippen LogP contribution in [0, 0.1) is 5.92 Å². The molecule has 2 atom stereocenters. The highest BCUT2D eigenvalue weighted by atomic mass is 127. The maximum atomic E-state index is 12.1. The van der Waals surface area contributed by atoms with Gasteiger partial charge in [0.05, 0.1) is 0 Å². The summed E-state index contributed by atoms with van der Waals surface area (Å²) in [5, 5.41) is 6.31. The number of amides is 1. The van der Waals surface area contributed by atoms with Crippen molar-refractivity contribution in [3.63, 3.8) is 0 Å². The number of nitrogens with one attached hydrogen (secondary N) is 2. The highest BCUT2D eigenvalue weighted by Crippen LogP contribution is 2.32. The monoisotopic (exact) mass is 486 g/mol. The third kappa shape index (κ3) is 7.68. The van der Waals surface area contributed by atoms with Crippen LogP contribution >= 0.6 is 24.0 Å². The van der Waals surface area contributed by atoms with Gasteiger partial charge in [-0.2, -0.15) is 0 Å². The topological polar surface area (TPSA) is 56.7 Å². The van der Waals surface area contributed by atoms with Crippen molar-refractivity contribution in [1.82, 2.24) is 15.5 Å². The fraction of sp³-hybridized carbons (Fsp3) is 0.619. The number of hydrogen-bond acceptors (Lipinski definition) is 2. The Hall–Kier alpha value is -1.31. The van der Waals surface area contributed by atoms with Crippen LogP contribution in [-0.4, -0.2) is 48.5 Å². The van der Waals surface area contributed by atoms with E-state index >= 15 is 0 Å². The Morgan fingerprint density at radius 3 is 2.48 bits per heavy atom. The first-order chi connectivity index (χ1) is 12.3.